The Hall–Kier alpha value is -2.60. The molecule has 0 radical (unpaired) electrons. The third-order valence-electron chi connectivity index (χ3n) is 3.31. The Kier molecular flexibility index (Phi) is 5.18. The van der Waals surface area contributed by atoms with Crippen molar-refractivity contribution in [3.8, 4) is 0 Å². The summed E-state index contributed by atoms with van der Waals surface area (Å²) in [4.78, 5) is 11.4. The molecule has 120 valence electrons. The lowest BCUT2D eigenvalue weighted by molar-refractivity contribution is -0.115. The van der Waals surface area contributed by atoms with Gasteiger partial charge in [-0.15, -0.1) is 0 Å². The summed E-state index contributed by atoms with van der Waals surface area (Å²) < 4.78 is 26.6. The van der Waals surface area contributed by atoms with Crippen LogP contribution in [-0.4, -0.2) is 28.4 Å². The van der Waals surface area contributed by atoms with Crippen molar-refractivity contribution in [2.24, 2.45) is 0 Å². The molecule has 0 fully saturated rings. The minimum atomic E-state index is -3.66. The molecule has 0 atom stereocenters. The van der Waals surface area contributed by atoms with Crippen LogP contribution in [0.5, 0.6) is 0 Å². The quantitative estimate of drug-likeness (QED) is 0.855. The van der Waals surface area contributed by atoms with Gasteiger partial charge in [0.2, 0.25) is 5.91 Å². The second-order valence-corrected chi connectivity index (χ2v) is 6.80. The Morgan fingerprint density at radius 3 is 2.43 bits per heavy atom. The monoisotopic (exact) mass is 330 g/mol. The number of para-hydroxylation sites is 1. The Bertz CT molecular complexity index is 815. The molecule has 5 nitrogen and oxygen atoms in total. The summed E-state index contributed by atoms with van der Waals surface area (Å²) in [5.74, 6) is -0.250. The summed E-state index contributed by atoms with van der Waals surface area (Å²) in [5, 5.41) is 2.47. The highest BCUT2D eigenvalue weighted by atomic mass is 32.2. The van der Waals surface area contributed by atoms with Gasteiger partial charge in [0.15, 0.2) is 0 Å². The number of amides is 1. The molecule has 0 unspecified atom stereocenters. The van der Waals surface area contributed by atoms with Gasteiger partial charge in [-0.3, -0.25) is 9.10 Å². The molecule has 1 amide bonds. The second-order valence-electron chi connectivity index (χ2n) is 4.83. The van der Waals surface area contributed by atoms with Crippen LogP contribution in [0.3, 0.4) is 0 Å². The van der Waals surface area contributed by atoms with E-state index in [0.717, 1.165) is 0 Å². The SMILES string of the molecule is CNC(=O)/C=C/c1cccc(S(=O)(=O)N(C)c2ccccc2)c1. The molecular formula is C17H18N2O3S. The van der Waals surface area contributed by atoms with E-state index >= 15 is 0 Å². The molecule has 1 N–H and O–H groups in total. The van der Waals surface area contributed by atoms with E-state index in [9.17, 15) is 13.2 Å². The molecule has 0 aromatic heterocycles. The van der Waals surface area contributed by atoms with Crippen molar-refractivity contribution in [3.05, 3.63) is 66.2 Å². The third-order valence-corrected chi connectivity index (χ3v) is 5.09. The predicted molar refractivity (Wildman–Crippen MR) is 91.6 cm³/mol. The van der Waals surface area contributed by atoms with Crippen molar-refractivity contribution >= 4 is 27.7 Å². The highest BCUT2D eigenvalue weighted by Crippen LogP contribution is 2.22. The largest absolute Gasteiger partial charge is 0.356 e. The lowest BCUT2D eigenvalue weighted by atomic mass is 10.2. The summed E-state index contributed by atoms with van der Waals surface area (Å²) >= 11 is 0. The molecule has 0 spiro atoms. The van der Waals surface area contributed by atoms with Crippen molar-refractivity contribution in [2.45, 2.75) is 4.90 Å². The zero-order valence-corrected chi connectivity index (χ0v) is 13.7. The Morgan fingerprint density at radius 1 is 1.09 bits per heavy atom. The molecule has 2 rings (SSSR count). The number of likely N-dealkylation sites (N-methyl/N-ethyl adjacent to an activating group) is 1. The maximum absolute atomic E-state index is 12.7. The fraction of sp³-hybridized carbons (Fsp3) is 0.118. The number of nitrogens with zero attached hydrogens (tertiary/aromatic N) is 1. The van der Waals surface area contributed by atoms with Crippen LogP contribution in [0.2, 0.25) is 0 Å². The van der Waals surface area contributed by atoms with Gasteiger partial charge in [0.1, 0.15) is 0 Å². The lowest BCUT2D eigenvalue weighted by Gasteiger charge is -2.19. The van der Waals surface area contributed by atoms with Gasteiger partial charge in [0.05, 0.1) is 10.6 Å². The van der Waals surface area contributed by atoms with E-state index in [-0.39, 0.29) is 10.8 Å². The lowest BCUT2D eigenvalue weighted by Crippen LogP contribution is -2.26. The van der Waals surface area contributed by atoms with E-state index in [2.05, 4.69) is 5.32 Å². The molecule has 0 saturated heterocycles. The number of carbonyl (C=O) groups is 1. The van der Waals surface area contributed by atoms with Crippen molar-refractivity contribution in [2.75, 3.05) is 18.4 Å². The number of hydrogen-bond donors (Lipinski definition) is 1. The standard InChI is InChI=1S/C17H18N2O3S/c1-18-17(20)12-11-14-7-6-10-16(13-14)23(21,22)19(2)15-8-4-3-5-9-15/h3-13H,1-2H3,(H,18,20)/b12-11+. The van der Waals surface area contributed by atoms with E-state index in [1.165, 1.54) is 36.6 Å². The first kappa shape index (κ1) is 16.8. The Balaban J connectivity index is 2.34. The van der Waals surface area contributed by atoms with Crippen LogP contribution >= 0.6 is 0 Å². The van der Waals surface area contributed by atoms with Gasteiger partial charge in [-0.05, 0) is 35.9 Å². The fourth-order valence-electron chi connectivity index (χ4n) is 1.97. The summed E-state index contributed by atoms with van der Waals surface area (Å²) in [5.41, 5.74) is 1.22. The summed E-state index contributed by atoms with van der Waals surface area (Å²) in [7, 11) is -0.618. The molecule has 23 heavy (non-hydrogen) atoms. The van der Waals surface area contributed by atoms with Crippen molar-refractivity contribution in [3.63, 3.8) is 0 Å². The Labute approximate surface area is 136 Å². The number of hydrogen-bond acceptors (Lipinski definition) is 3. The first-order chi connectivity index (χ1) is 10.9. The number of nitrogens with one attached hydrogen (secondary N) is 1. The zero-order chi connectivity index (χ0) is 16.9. The maximum atomic E-state index is 12.7. The number of sulfonamides is 1. The molecular weight excluding hydrogens is 312 g/mol. The zero-order valence-electron chi connectivity index (χ0n) is 12.9. The topological polar surface area (TPSA) is 66.5 Å². The highest BCUT2D eigenvalue weighted by molar-refractivity contribution is 7.92. The summed E-state index contributed by atoms with van der Waals surface area (Å²) in [6, 6.07) is 15.3. The average molecular weight is 330 g/mol. The number of carbonyl (C=O) groups excluding carboxylic acids is 1. The van der Waals surface area contributed by atoms with Crippen molar-refractivity contribution < 1.29 is 13.2 Å². The molecule has 0 heterocycles. The van der Waals surface area contributed by atoms with Gasteiger partial charge in [0, 0.05) is 20.2 Å². The predicted octanol–water partition coefficient (Wildman–Crippen LogP) is 2.27. The number of rotatable bonds is 5. The fourth-order valence-corrected chi connectivity index (χ4v) is 3.22. The normalized spacial score (nSPS) is 11.4. The molecule has 2 aromatic carbocycles. The second kappa shape index (κ2) is 7.11. The van der Waals surface area contributed by atoms with Crippen LogP contribution in [0.4, 0.5) is 5.69 Å². The Morgan fingerprint density at radius 2 is 1.78 bits per heavy atom. The number of benzene rings is 2. The van der Waals surface area contributed by atoms with Gasteiger partial charge in [-0.1, -0.05) is 30.3 Å². The van der Waals surface area contributed by atoms with Gasteiger partial charge in [-0.2, -0.15) is 0 Å². The molecule has 0 bridgehead atoms. The van der Waals surface area contributed by atoms with Gasteiger partial charge in [0.25, 0.3) is 10.0 Å². The molecule has 0 aliphatic rings. The first-order valence-electron chi connectivity index (χ1n) is 6.99. The first-order valence-corrected chi connectivity index (χ1v) is 8.43. The highest BCUT2D eigenvalue weighted by Gasteiger charge is 2.21. The summed E-state index contributed by atoms with van der Waals surface area (Å²) in [6.07, 6.45) is 2.92. The van der Waals surface area contributed by atoms with Crippen molar-refractivity contribution in [1.82, 2.24) is 5.32 Å². The molecule has 0 aliphatic carbocycles. The van der Waals surface area contributed by atoms with E-state index < -0.39 is 10.0 Å². The maximum Gasteiger partial charge on any atom is 0.264 e. The molecule has 0 saturated carbocycles. The molecule has 0 aliphatic heterocycles. The van der Waals surface area contributed by atoms with Crippen LogP contribution in [0.15, 0.2) is 65.6 Å². The van der Waals surface area contributed by atoms with Crippen LogP contribution in [0.25, 0.3) is 6.08 Å². The van der Waals surface area contributed by atoms with Crippen molar-refractivity contribution in [1.29, 1.82) is 0 Å². The van der Waals surface area contributed by atoms with Crippen LogP contribution in [-0.2, 0) is 14.8 Å². The summed E-state index contributed by atoms with van der Waals surface area (Å²) in [6.45, 7) is 0. The van der Waals surface area contributed by atoms with Gasteiger partial charge in [-0.25, -0.2) is 8.42 Å². The van der Waals surface area contributed by atoms with Crippen LogP contribution < -0.4 is 9.62 Å². The minimum Gasteiger partial charge on any atom is -0.356 e. The van der Waals surface area contributed by atoms with E-state index in [4.69, 9.17) is 0 Å². The van der Waals surface area contributed by atoms with Crippen LogP contribution in [0, 0.1) is 0 Å². The average Bonchev–Trinajstić information content (AvgIpc) is 2.60. The molecule has 2 aromatic rings. The molecule has 6 heteroatoms. The third kappa shape index (κ3) is 3.98. The van der Waals surface area contributed by atoms with Gasteiger partial charge < -0.3 is 5.32 Å². The van der Waals surface area contributed by atoms with E-state index in [1.54, 1.807) is 42.5 Å². The van der Waals surface area contributed by atoms with Crippen LogP contribution in [0.1, 0.15) is 5.56 Å². The minimum absolute atomic E-state index is 0.169. The number of anilines is 1. The smallest absolute Gasteiger partial charge is 0.264 e. The van der Waals surface area contributed by atoms with E-state index in [1.807, 2.05) is 6.07 Å². The van der Waals surface area contributed by atoms with Gasteiger partial charge >= 0.3 is 0 Å². The van der Waals surface area contributed by atoms with E-state index in [0.29, 0.717) is 11.3 Å².